The van der Waals surface area contributed by atoms with Crippen molar-refractivity contribution in [1.29, 1.82) is 0 Å². The number of thiazole rings is 1. The van der Waals surface area contributed by atoms with Gasteiger partial charge in [-0.15, -0.1) is 11.3 Å². The Morgan fingerprint density at radius 2 is 1.02 bits per heavy atom. The summed E-state index contributed by atoms with van der Waals surface area (Å²) < 4.78 is 1.21. The van der Waals surface area contributed by atoms with Gasteiger partial charge in [-0.3, -0.25) is 0 Å². The smallest absolute Gasteiger partial charge is 0.160 e. The first-order chi connectivity index (χ1) is 22.3. The summed E-state index contributed by atoms with van der Waals surface area (Å²) in [7, 11) is 0. The van der Waals surface area contributed by atoms with Gasteiger partial charge in [-0.05, 0) is 51.2 Å². The van der Waals surface area contributed by atoms with Crippen LogP contribution in [0.4, 0.5) is 0 Å². The van der Waals surface area contributed by atoms with Crippen molar-refractivity contribution in [3.8, 4) is 44.5 Å². The van der Waals surface area contributed by atoms with E-state index in [0.29, 0.717) is 5.82 Å². The van der Waals surface area contributed by atoms with Gasteiger partial charge in [-0.25, -0.2) is 15.0 Å². The summed E-state index contributed by atoms with van der Waals surface area (Å²) >= 11 is 1.76. The third kappa shape index (κ3) is 4.55. The summed E-state index contributed by atoms with van der Waals surface area (Å²) in [6.07, 6.45) is 0. The molecule has 4 heteroatoms. The fraction of sp³-hybridized carbons (Fsp3) is 0. The van der Waals surface area contributed by atoms with E-state index < -0.39 is 0 Å². The van der Waals surface area contributed by atoms with Crippen LogP contribution in [-0.2, 0) is 0 Å². The lowest BCUT2D eigenvalue weighted by molar-refractivity contribution is 1.18. The molecule has 2 aromatic heterocycles. The SMILES string of the molecule is c1ccc(-c2cc(-c3ccc4ccccc4c3)nc(-c3ccc4c(ccc5ccc6nc(-c7ccccc7)sc6c54)c3)n2)cc1. The first kappa shape index (κ1) is 25.8. The van der Waals surface area contributed by atoms with Crippen molar-refractivity contribution in [2.45, 2.75) is 0 Å². The van der Waals surface area contributed by atoms with Crippen LogP contribution in [0.2, 0.25) is 0 Å². The van der Waals surface area contributed by atoms with E-state index in [0.717, 1.165) is 49.6 Å². The fourth-order valence-electron chi connectivity index (χ4n) is 6.20. The summed E-state index contributed by atoms with van der Waals surface area (Å²) in [6, 6.07) is 53.2. The Morgan fingerprint density at radius 1 is 0.400 bits per heavy atom. The molecule has 9 aromatic rings. The molecule has 3 nitrogen and oxygen atoms in total. The van der Waals surface area contributed by atoms with Crippen LogP contribution in [0.15, 0.2) is 152 Å². The highest BCUT2D eigenvalue weighted by molar-refractivity contribution is 7.22. The van der Waals surface area contributed by atoms with Gasteiger partial charge in [0.2, 0.25) is 0 Å². The van der Waals surface area contributed by atoms with Gasteiger partial charge < -0.3 is 0 Å². The summed E-state index contributed by atoms with van der Waals surface area (Å²) in [5.74, 6) is 0.712. The quantitative estimate of drug-likeness (QED) is 0.191. The average molecular weight is 592 g/mol. The molecule has 0 saturated carbocycles. The first-order valence-electron chi connectivity index (χ1n) is 15.0. The van der Waals surface area contributed by atoms with E-state index in [-0.39, 0.29) is 0 Å². The molecular formula is C41H25N3S. The zero-order valence-corrected chi connectivity index (χ0v) is 25.0. The maximum Gasteiger partial charge on any atom is 0.160 e. The van der Waals surface area contributed by atoms with Gasteiger partial charge in [-0.1, -0.05) is 127 Å². The van der Waals surface area contributed by atoms with Crippen LogP contribution in [0.5, 0.6) is 0 Å². The maximum atomic E-state index is 5.14. The van der Waals surface area contributed by atoms with Crippen LogP contribution in [0.1, 0.15) is 0 Å². The topological polar surface area (TPSA) is 38.7 Å². The number of aromatic nitrogens is 3. The van der Waals surface area contributed by atoms with E-state index in [1.54, 1.807) is 11.3 Å². The number of hydrogen-bond acceptors (Lipinski definition) is 4. The highest BCUT2D eigenvalue weighted by Gasteiger charge is 2.15. The monoisotopic (exact) mass is 591 g/mol. The summed E-state index contributed by atoms with van der Waals surface area (Å²) in [4.78, 5) is 15.2. The number of nitrogens with zero attached hydrogens (tertiary/aromatic N) is 3. The molecule has 0 radical (unpaired) electrons. The second kappa shape index (κ2) is 10.5. The minimum atomic E-state index is 0.712. The van der Waals surface area contributed by atoms with Gasteiger partial charge >= 0.3 is 0 Å². The Bertz CT molecular complexity index is 2540. The fourth-order valence-corrected chi connectivity index (χ4v) is 7.34. The van der Waals surface area contributed by atoms with E-state index in [1.807, 2.05) is 12.1 Å². The lowest BCUT2D eigenvalue weighted by atomic mass is 9.99. The van der Waals surface area contributed by atoms with Crippen molar-refractivity contribution in [1.82, 2.24) is 15.0 Å². The van der Waals surface area contributed by atoms with Crippen molar-refractivity contribution >= 4 is 53.9 Å². The van der Waals surface area contributed by atoms with Gasteiger partial charge in [0.05, 0.1) is 21.6 Å². The van der Waals surface area contributed by atoms with E-state index in [1.165, 1.54) is 31.6 Å². The molecular weight excluding hydrogens is 567 g/mol. The van der Waals surface area contributed by atoms with Crippen molar-refractivity contribution in [3.63, 3.8) is 0 Å². The molecule has 0 unspecified atom stereocenters. The average Bonchev–Trinajstić information content (AvgIpc) is 3.56. The molecule has 0 aliphatic carbocycles. The van der Waals surface area contributed by atoms with Crippen molar-refractivity contribution < 1.29 is 0 Å². The molecule has 0 saturated heterocycles. The number of rotatable bonds is 4. The summed E-state index contributed by atoms with van der Waals surface area (Å²) in [6.45, 7) is 0. The molecule has 0 spiro atoms. The standard InChI is InChI=1S/C41H25N3S/c1-3-10-27(11-4-1)36-25-37(32-18-15-26-9-7-8-14-30(26)23-32)43-40(42-36)33-19-21-34-31(24-33)17-16-28-20-22-35-39(38(28)34)45-41(44-35)29-12-5-2-6-13-29/h1-25H. The Morgan fingerprint density at radius 3 is 1.84 bits per heavy atom. The molecule has 0 bridgehead atoms. The van der Waals surface area contributed by atoms with Gasteiger partial charge in [0.15, 0.2) is 5.82 Å². The molecule has 2 heterocycles. The van der Waals surface area contributed by atoms with E-state index >= 15 is 0 Å². The van der Waals surface area contributed by atoms with E-state index in [4.69, 9.17) is 15.0 Å². The predicted molar refractivity (Wildman–Crippen MR) is 189 cm³/mol. The third-order valence-corrected chi connectivity index (χ3v) is 9.61. The normalized spacial score (nSPS) is 11.6. The molecule has 0 atom stereocenters. The molecule has 0 fully saturated rings. The zero-order valence-electron chi connectivity index (χ0n) is 24.2. The number of hydrogen-bond donors (Lipinski definition) is 0. The molecule has 9 rings (SSSR count). The number of fused-ring (bicyclic) bond motifs is 6. The predicted octanol–water partition coefficient (Wildman–Crippen LogP) is 11.2. The van der Waals surface area contributed by atoms with Gasteiger partial charge in [0.25, 0.3) is 0 Å². The van der Waals surface area contributed by atoms with Crippen LogP contribution < -0.4 is 0 Å². The lowest BCUT2D eigenvalue weighted by Gasteiger charge is -2.11. The lowest BCUT2D eigenvalue weighted by Crippen LogP contribution is -1.96. The van der Waals surface area contributed by atoms with Crippen LogP contribution in [0.3, 0.4) is 0 Å². The van der Waals surface area contributed by atoms with E-state index in [9.17, 15) is 0 Å². The minimum absolute atomic E-state index is 0.712. The van der Waals surface area contributed by atoms with Gasteiger partial charge in [-0.2, -0.15) is 0 Å². The molecule has 0 aliphatic rings. The summed E-state index contributed by atoms with van der Waals surface area (Å²) in [5.41, 5.74) is 7.11. The molecule has 210 valence electrons. The molecule has 7 aromatic carbocycles. The Balaban J connectivity index is 1.22. The third-order valence-electron chi connectivity index (χ3n) is 8.47. The Kier molecular flexibility index (Phi) is 6.00. The second-order valence-electron chi connectivity index (χ2n) is 11.3. The van der Waals surface area contributed by atoms with Gasteiger partial charge in [0.1, 0.15) is 5.01 Å². The van der Waals surface area contributed by atoms with Crippen molar-refractivity contribution in [3.05, 3.63) is 152 Å². The molecule has 0 aliphatic heterocycles. The Labute approximate surface area is 264 Å². The van der Waals surface area contributed by atoms with Crippen molar-refractivity contribution in [2.75, 3.05) is 0 Å². The largest absolute Gasteiger partial charge is 0.236 e. The van der Waals surface area contributed by atoms with Crippen LogP contribution in [-0.4, -0.2) is 15.0 Å². The van der Waals surface area contributed by atoms with Crippen LogP contribution in [0, 0.1) is 0 Å². The highest BCUT2D eigenvalue weighted by Crippen LogP contribution is 2.39. The highest BCUT2D eigenvalue weighted by atomic mass is 32.1. The van der Waals surface area contributed by atoms with Gasteiger partial charge in [0, 0.05) is 27.6 Å². The van der Waals surface area contributed by atoms with Crippen LogP contribution in [0.25, 0.3) is 87.0 Å². The zero-order chi connectivity index (χ0) is 29.7. The van der Waals surface area contributed by atoms with Crippen molar-refractivity contribution in [2.24, 2.45) is 0 Å². The minimum Gasteiger partial charge on any atom is -0.236 e. The number of benzene rings is 7. The summed E-state index contributed by atoms with van der Waals surface area (Å²) in [5, 5.41) is 8.27. The second-order valence-corrected chi connectivity index (χ2v) is 12.3. The molecule has 0 amide bonds. The maximum absolute atomic E-state index is 5.14. The molecule has 0 N–H and O–H groups in total. The first-order valence-corrected chi connectivity index (χ1v) is 15.8. The van der Waals surface area contributed by atoms with E-state index in [2.05, 4.69) is 140 Å². The molecule has 45 heavy (non-hydrogen) atoms. The van der Waals surface area contributed by atoms with Crippen LogP contribution >= 0.6 is 11.3 Å². The Hall–Kier alpha value is -5.71.